The molecule has 0 heterocycles. The smallest absolute Gasteiger partial charge is 0.0874 e. The molecule has 0 saturated heterocycles. The summed E-state index contributed by atoms with van der Waals surface area (Å²) >= 11 is 14.4. The molecular weight excluding hydrogens is 250 g/mol. The average molecular weight is 278 g/mol. The molecule has 0 spiro atoms. The Balaban J connectivity index is -0.000000173. The van der Waals surface area contributed by atoms with Crippen LogP contribution in [0.25, 0.3) is 0 Å². The van der Waals surface area contributed by atoms with Crippen molar-refractivity contribution in [2.45, 2.75) is 76.9 Å². The molecule has 0 aromatic heterocycles. The van der Waals surface area contributed by atoms with Crippen molar-refractivity contribution < 1.29 is 0 Å². The fourth-order valence-corrected chi connectivity index (χ4v) is 0.854. The third-order valence-electron chi connectivity index (χ3n) is 1.46. The van der Waals surface area contributed by atoms with Gasteiger partial charge >= 0.3 is 0 Å². The van der Waals surface area contributed by atoms with Gasteiger partial charge < -0.3 is 0 Å². The number of hydrogen-bond acceptors (Lipinski definition) is 0. The molecule has 0 radical (unpaired) electrons. The molecular formula is C12H27Cl3. The Bertz CT molecular complexity index is 66.5. The van der Waals surface area contributed by atoms with E-state index >= 15 is 0 Å². The molecule has 0 rings (SSSR count). The zero-order valence-electron chi connectivity index (χ0n) is 10.7. The van der Waals surface area contributed by atoms with Gasteiger partial charge in [0.1, 0.15) is 0 Å². The minimum absolute atomic E-state index is 0.750. The highest BCUT2D eigenvalue weighted by atomic mass is 35.6. The Kier molecular flexibility index (Phi) is 34.2. The Labute approximate surface area is 112 Å². The van der Waals surface area contributed by atoms with Crippen molar-refractivity contribution in [2.24, 2.45) is 0 Å². The molecule has 0 aromatic rings. The van der Waals surface area contributed by atoms with E-state index in [-0.39, 0.29) is 0 Å². The first-order valence-corrected chi connectivity index (χ1v) is 7.29. The van der Waals surface area contributed by atoms with Crippen LogP contribution in [0.5, 0.6) is 0 Å². The van der Waals surface area contributed by atoms with Crippen molar-refractivity contribution in [3.05, 3.63) is 0 Å². The topological polar surface area (TPSA) is 0 Å². The summed E-state index contributed by atoms with van der Waals surface area (Å²) in [4.78, 5) is 0. The third kappa shape index (κ3) is 71.5. The van der Waals surface area contributed by atoms with E-state index in [0.29, 0.717) is 0 Å². The van der Waals surface area contributed by atoms with Crippen molar-refractivity contribution in [1.29, 1.82) is 0 Å². The number of halogens is 3. The molecule has 0 saturated carbocycles. The van der Waals surface area contributed by atoms with Gasteiger partial charge in [0.15, 0.2) is 4.30 Å². The van der Waals surface area contributed by atoms with Crippen LogP contribution in [-0.4, -0.2) is 4.30 Å². The minimum atomic E-state index is -0.750. The molecule has 96 valence electrons. The Hall–Kier alpha value is 0.870. The lowest BCUT2D eigenvalue weighted by molar-refractivity contribution is 0.624. The third-order valence-corrected chi connectivity index (χ3v) is 1.46. The summed E-state index contributed by atoms with van der Waals surface area (Å²) in [5.41, 5.74) is 0. The van der Waals surface area contributed by atoms with Crippen LogP contribution in [-0.2, 0) is 0 Å². The van der Waals surface area contributed by atoms with Crippen molar-refractivity contribution in [3.63, 3.8) is 0 Å². The molecule has 0 amide bonds. The van der Waals surface area contributed by atoms with Gasteiger partial charge in [-0.2, -0.15) is 0 Å². The largest absolute Gasteiger partial charge is 0.180 e. The summed E-state index contributed by atoms with van der Waals surface area (Å²) < 4.78 is -0.750. The van der Waals surface area contributed by atoms with Crippen molar-refractivity contribution in [2.75, 3.05) is 0 Å². The molecule has 0 aliphatic heterocycles. The quantitative estimate of drug-likeness (QED) is 0.384. The van der Waals surface area contributed by atoms with Gasteiger partial charge in [0.25, 0.3) is 0 Å². The highest BCUT2D eigenvalue weighted by Crippen LogP contribution is 2.04. The summed E-state index contributed by atoms with van der Waals surface area (Å²) in [5.74, 6) is 0. The van der Waals surface area contributed by atoms with Crippen LogP contribution < -0.4 is 0 Å². The lowest BCUT2D eigenvalue weighted by atomic mass is 10.1. The first kappa shape index (κ1) is 21.2. The van der Waals surface area contributed by atoms with Crippen LogP contribution in [0.4, 0.5) is 0 Å². The van der Waals surface area contributed by atoms with E-state index < -0.39 is 4.30 Å². The minimum Gasteiger partial charge on any atom is -0.0874 e. The zero-order valence-corrected chi connectivity index (χ0v) is 12.9. The van der Waals surface area contributed by atoms with E-state index in [1.165, 1.54) is 44.9 Å². The lowest BCUT2D eigenvalue weighted by Gasteiger charge is -1.93. The molecule has 0 aliphatic rings. The van der Waals surface area contributed by atoms with E-state index in [1.54, 1.807) is 0 Å². The van der Waals surface area contributed by atoms with Gasteiger partial charge in [0.2, 0.25) is 0 Å². The maximum absolute atomic E-state index is 4.81. The lowest BCUT2D eigenvalue weighted by Crippen LogP contribution is -1.73. The molecule has 15 heavy (non-hydrogen) atoms. The van der Waals surface area contributed by atoms with Crippen molar-refractivity contribution >= 4 is 34.8 Å². The highest BCUT2D eigenvalue weighted by Gasteiger charge is 1.83. The highest BCUT2D eigenvalue weighted by molar-refractivity contribution is 6.63. The van der Waals surface area contributed by atoms with E-state index in [9.17, 15) is 0 Å². The number of alkyl halides is 3. The van der Waals surface area contributed by atoms with Crippen LogP contribution in [0.3, 0.4) is 0 Å². The second-order valence-corrected chi connectivity index (χ2v) is 5.35. The predicted octanol–water partition coefficient (Wildman–Crippen LogP) is 6.77. The second kappa shape index (κ2) is 24.2. The Morgan fingerprint density at radius 3 is 1.00 bits per heavy atom. The Morgan fingerprint density at radius 2 is 0.867 bits per heavy atom. The summed E-state index contributed by atoms with van der Waals surface area (Å²) in [7, 11) is 0. The van der Waals surface area contributed by atoms with Crippen LogP contribution in [0, 0.1) is 0 Å². The first-order valence-electron chi connectivity index (χ1n) is 5.98. The van der Waals surface area contributed by atoms with Gasteiger partial charge in [0.05, 0.1) is 0 Å². The molecule has 0 unspecified atom stereocenters. The monoisotopic (exact) mass is 276 g/mol. The van der Waals surface area contributed by atoms with Crippen LogP contribution in [0.15, 0.2) is 0 Å². The van der Waals surface area contributed by atoms with Gasteiger partial charge in [0, 0.05) is 0 Å². The maximum atomic E-state index is 4.81. The molecule has 0 aliphatic carbocycles. The van der Waals surface area contributed by atoms with E-state index in [4.69, 9.17) is 34.8 Å². The standard InChI is InChI=1S/C8H18.C3H8.CHCl3/c1-3-5-7-8-6-4-2;1-3-2;2-1(3)4/h3-8H2,1-2H3;3H2,1-2H3;1H. The summed E-state index contributed by atoms with van der Waals surface area (Å²) in [6, 6.07) is 0. The zero-order chi connectivity index (χ0) is 12.5. The maximum Gasteiger partial charge on any atom is 0.180 e. The fourth-order valence-electron chi connectivity index (χ4n) is 0.854. The number of hydrogen-bond donors (Lipinski definition) is 0. The van der Waals surface area contributed by atoms with E-state index in [2.05, 4.69) is 27.7 Å². The molecule has 0 atom stereocenters. The Morgan fingerprint density at radius 1 is 0.667 bits per heavy atom. The summed E-state index contributed by atoms with van der Waals surface area (Å²) in [6.45, 7) is 8.76. The molecule has 0 aromatic carbocycles. The average Bonchev–Trinajstić information content (AvgIpc) is 2.13. The molecule has 0 N–H and O–H groups in total. The normalized spacial score (nSPS) is 8.80. The number of unbranched alkanes of at least 4 members (excludes halogenated alkanes) is 5. The first-order chi connectivity index (χ1) is 7.06. The fraction of sp³-hybridized carbons (Fsp3) is 1.00. The SMILES string of the molecule is CCC.CCCCCCCC.ClC(Cl)Cl. The van der Waals surface area contributed by atoms with Crippen LogP contribution in [0.1, 0.15) is 72.6 Å². The van der Waals surface area contributed by atoms with Gasteiger partial charge in [-0.1, -0.05) is 107 Å². The van der Waals surface area contributed by atoms with Crippen LogP contribution >= 0.6 is 34.8 Å². The van der Waals surface area contributed by atoms with Gasteiger partial charge in [-0.3, -0.25) is 0 Å². The predicted molar refractivity (Wildman–Crippen MR) is 76.4 cm³/mol. The molecule has 0 bridgehead atoms. The molecule has 0 nitrogen and oxygen atoms in total. The second-order valence-electron chi connectivity index (χ2n) is 3.37. The van der Waals surface area contributed by atoms with Gasteiger partial charge in [-0.15, -0.1) is 0 Å². The summed E-state index contributed by atoms with van der Waals surface area (Å²) in [5, 5.41) is 0. The van der Waals surface area contributed by atoms with E-state index in [1.807, 2.05) is 0 Å². The van der Waals surface area contributed by atoms with Gasteiger partial charge in [-0.05, 0) is 0 Å². The summed E-state index contributed by atoms with van der Waals surface area (Å²) in [6.07, 6.45) is 9.74. The number of rotatable bonds is 5. The van der Waals surface area contributed by atoms with Crippen LogP contribution in [0.2, 0.25) is 0 Å². The van der Waals surface area contributed by atoms with Crippen molar-refractivity contribution in [1.82, 2.24) is 0 Å². The van der Waals surface area contributed by atoms with Gasteiger partial charge in [-0.25, -0.2) is 0 Å². The van der Waals surface area contributed by atoms with E-state index in [0.717, 1.165) is 0 Å². The van der Waals surface area contributed by atoms with Crippen molar-refractivity contribution in [3.8, 4) is 0 Å². The molecule has 0 fully saturated rings. The molecule has 3 heteroatoms.